The second kappa shape index (κ2) is 7.09. The molecule has 1 amide bonds. The molecular formula is C19H24N4O2. The summed E-state index contributed by atoms with van der Waals surface area (Å²) in [5.41, 5.74) is 1.77. The lowest BCUT2D eigenvalue weighted by atomic mass is 10.1. The molecule has 1 aromatic heterocycles. The monoisotopic (exact) mass is 340 g/mol. The van der Waals surface area contributed by atoms with E-state index in [1.54, 1.807) is 17.3 Å². The van der Waals surface area contributed by atoms with Crippen LogP contribution in [-0.4, -0.2) is 39.6 Å². The van der Waals surface area contributed by atoms with E-state index in [2.05, 4.69) is 22.1 Å². The van der Waals surface area contributed by atoms with Crippen LogP contribution in [0.15, 0.2) is 42.7 Å². The summed E-state index contributed by atoms with van der Waals surface area (Å²) in [6.07, 6.45) is 5.01. The molecule has 6 nitrogen and oxygen atoms in total. The highest BCUT2D eigenvalue weighted by atomic mass is 16.7. The number of rotatable bonds is 4. The zero-order chi connectivity index (χ0) is 17.9. The van der Waals surface area contributed by atoms with Gasteiger partial charge in [0.15, 0.2) is 0 Å². The van der Waals surface area contributed by atoms with Crippen LogP contribution in [0, 0.1) is 0 Å². The van der Waals surface area contributed by atoms with Crippen molar-refractivity contribution >= 4 is 12.0 Å². The first kappa shape index (κ1) is 17.2. The van der Waals surface area contributed by atoms with Crippen LogP contribution >= 0.6 is 0 Å². The highest BCUT2D eigenvalue weighted by Gasteiger charge is 2.32. The summed E-state index contributed by atoms with van der Waals surface area (Å²) in [6.45, 7) is 7.36. The summed E-state index contributed by atoms with van der Waals surface area (Å²) in [6, 6.07) is 10.2. The van der Waals surface area contributed by atoms with Crippen LogP contribution in [0.2, 0.25) is 0 Å². The second-order valence-corrected chi connectivity index (χ2v) is 7.22. The topological polar surface area (TPSA) is 58.6 Å². The zero-order valence-corrected chi connectivity index (χ0v) is 15.0. The summed E-state index contributed by atoms with van der Waals surface area (Å²) >= 11 is 0. The van der Waals surface area contributed by atoms with Crippen molar-refractivity contribution in [1.82, 2.24) is 14.9 Å². The first-order valence-electron chi connectivity index (χ1n) is 8.55. The van der Waals surface area contributed by atoms with Crippen LogP contribution in [-0.2, 0) is 11.3 Å². The van der Waals surface area contributed by atoms with Crippen LogP contribution in [0.5, 0.6) is 0 Å². The van der Waals surface area contributed by atoms with Crippen LogP contribution in [0.3, 0.4) is 0 Å². The van der Waals surface area contributed by atoms with Gasteiger partial charge in [-0.15, -0.1) is 0 Å². The molecule has 0 aliphatic carbocycles. The van der Waals surface area contributed by atoms with E-state index in [0.29, 0.717) is 5.95 Å². The van der Waals surface area contributed by atoms with Gasteiger partial charge in [-0.3, -0.25) is 0 Å². The van der Waals surface area contributed by atoms with Gasteiger partial charge < -0.3 is 9.74 Å². The normalized spacial score (nSPS) is 14.0. The lowest BCUT2D eigenvalue weighted by Gasteiger charge is -2.37. The molecule has 25 heavy (non-hydrogen) atoms. The van der Waals surface area contributed by atoms with Crippen molar-refractivity contribution in [2.75, 3.05) is 18.2 Å². The molecule has 1 aliphatic heterocycles. The van der Waals surface area contributed by atoms with Crippen molar-refractivity contribution in [3.05, 3.63) is 53.9 Å². The van der Waals surface area contributed by atoms with Gasteiger partial charge in [-0.2, -0.15) is 5.06 Å². The molecule has 0 saturated carbocycles. The number of benzene rings is 1. The Morgan fingerprint density at radius 2 is 1.76 bits per heavy atom. The van der Waals surface area contributed by atoms with Gasteiger partial charge in [-0.1, -0.05) is 30.3 Å². The van der Waals surface area contributed by atoms with Gasteiger partial charge in [-0.05, 0) is 38.3 Å². The average molecular weight is 340 g/mol. The minimum atomic E-state index is -0.443. The second-order valence-electron chi connectivity index (χ2n) is 7.22. The number of carbonyl (C=O) groups excluding carboxylic acids is 1. The Hall–Kier alpha value is -2.63. The average Bonchev–Trinajstić information content (AvgIpc) is 2.52. The Kier molecular flexibility index (Phi) is 4.88. The molecule has 2 heterocycles. The van der Waals surface area contributed by atoms with E-state index in [9.17, 15) is 4.79 Å². The number of anilines is 1. The zero-order valence-electron chi connectivity index (χ0n) is 15.0. The Morgan fingerprint density at radius 3 is 2.28 bits per heavy atom. The molecule has 0 atom stereocenters. The largest absolute Gasteiger partial charge is 0.434 e. The van der Waals surface area contributed by atoms with E-state index in [-0.39, 0.29) is 6.09 Å². The lowest BCUT2D eigenvalue weighted by molar-refractivity contribution is 0.0511. The minimum Gasteiger partial charge on any atom is -0.318 e. The standard InChI is InChI=1S/C19H24N4O2/c1-19(2,3)23(25-18(24)22-10-7-11-22)17-20-13-16(14-21-17)12-15-8-5-4-6-9-15/h4-6,8-9,13-14H,7,10-12H2,1-3H3. The van der Waals surface area contributed by atoms with Gasteiger partial charge in [0.2, 0.25) is 0 Å². The Labute approximate surface area is 148 Å². The predicted molar refractivity (Wildman–Crippen MR) is 96.2 cm³/mol. The molecule has 3 rings (SSSR count). The maximum atomic E-state index is 12.2. The number of hydrogen-bond donors (Lipinski definition) is 0. The summed E-state index contributed by atoms with van der Waals surface area (Å²) in [7, 11) is 0. The van der Waals surface area contributed by atoms with Gasteiger partial charge in [0.05, 0.1) is 5.54 Å². The number of nitrogens with zero attached hydrogens (tertiary/aromatic N) is 4. The lowest BCUT2D eigenvalue weighted by Crippen LogP contribution is -2.50. The van der Waals surface area contributed by atoms with Crippen molar-refractivity contribution in [1.29, 1.82) is 0 Å². The third-order valence-corrected chi connectivity index (χ3v) is 4.02. The maximum Gasteiger partial charge on any atom is 0.434 e. The molecule has 6 heteroatoms. The van der Waals surface area contributed by atoms with Gasteiger partial charge in [0.25, 0.3) is 5.95 Å². The van der Waals surface area contributed by atoms with Gasteiger partial charge >= 0.3 is 6.09 Å². The van der Waals surface area contributed by atoms with Crippen LogP contribution in [0.25, 0.3) is 0 Å². The molecule has 0 unspecified atom stereocenters. The number of likely N-dealkylation sites (tertiary alicyclic amines) is 1. The van der Waals surface area contributed by atoms with E-state index in [1.165, 1.54) is 10.6 Å². The number of hydrogen-bond acceptors (Lipinski definition) is 5. The quantitative estimate of drug-likeness (QED) is 0.798. The fraction of sp³-hybridized carbons (Fsp3) is 0.421. The maximum absolute atomic E-state index is 12.2. The molecule has 2 aromatic rings. The minimum absolute atomic E-state index is 0.349. The Morgan fingerprint density at radius 1 is 1.12 bits per heavy atom. The molecule has 1 fully saturated rings. The molecule has 1 aromatic carbocycles. The van der Waals surface area contributed by atoms with E-state index >= 15 is 0 Å². The Bertz CT molecular complexity index is 706. The summed E-state index contributed by atoms with van der Waals surface area (Å²) in [5.74, 6) is 0.387. The SMILES string of the molecule is CC(C)(C)N(OC(=O)N1CCC1)c1ncc(Cc2ccccc2)cn1. The molecular weight excluding hydrogens is 316 g/mol. The number of amides is 1. The fourth-order valence-electron chi connectivity index (χ4n) is 2.49. The van der Waals surface area contributed by atoms with Crippen LogP contribution in [0.1, 0.15) is 38.3 Å². The van der Waals surface area contributed by atoms with E-state index in [1.807, 2.05) is 39.0 Å². The van der Waals surface area contributed by atoms with Crippen molar-refractivity contribution in [3.63, 3.8) is 0 Å². The van der Waals surface area contributed by atoms with Gasteiger partial charge in [0, 0.05) is 31.9 Å². The molecule has 0 radical (unpaired) electrons. The summed E-state index contributed by atoms with van der Waals surface area (Å²) in [5, 5.41) is 1.49. The van der Waals surface area contributed by atoms with E-state index in [4.69, 9.17) is 4.84 Å². The molecule has 132 valence electrons. The van der Waals surface area contributed by atoms with Gasteiger partial charge in [0.1, 0.15) is 0 Å². The first-order chi connectivity index (χ1) is 11.9. The molecule has 0 N–H and O–H groups in total. The van der Waals surface area contributed by atoms with Gasteiger partial charge in [-0.25, -0.2) is 14.8 Å². The van der Waals surface area contributed by atoms with Crippen molar-refractivity contribution in [2.24, 2.45) is 0 Å². The highest BCUT2D eigenvalue weighted by molar-refractivity contribution is 5.69. The summed E-state index contributed by atoms with van der Waals surface area (Å²) < 4.78 is 0. The van der Waals surface area contributed by atoms with Crippen molar-refractivity contribution < 1.29 is 9.63 Å². The Balaban J connectivity index is 1.73. The van der Waals surface area contributed by atoms with Crippen molar-refractivity contribution in [3.8, 4) is 0 Å². The van der Waals surface area contributed by atoms with Crippen molar-refractivity contribution in [2.45, 2.75) is 39.2 Å². The van der Waals surface area contributed by atoms with E-state index in [0.717, 1.165) is 31.5 Å². The molecule has 1 saturated heterocycles. The third kappa shape index (κ3) is 4.26. The number of carbonyl (C=O) groups is 1. The summed E-state index contributed by atoms with van der Waals surface area (Å²) in [4.78, 5) is 28.2. The molecule has 0 spiro atoms. The number of aromatic nitrogens is 2. The van der Waals surface area contributed by atoms with Crippen LogP contribution < -0.4 is 5.06 Å². The fourth-order valence-corrected chi connectivity index (χ4v) is 2.49. The molecule has 1 aliphatic rings. The molecule has 0 bridgehead atoms. The first-order valence-corrected chi connectivity index (χ1v) is 8.55. The number of hydroxylamine groups is 1. The van der Waals surface area contributed by atoms with Crippen LogP contribution in [0.4, 0.5) is 10.7 Å². The third-order valence-electron chi connectivity index (χ3n) is 4.02. The van der Waals surface area contributed by atoms with E-state index < -0.39 is 5.54 Å². The smallest absolute Gasteiger partial charge is 0.318 e. The highest BCUT2D eigenvalue weighted by Crippen LogP contribution is 2.22. The predicted octanol–water partition coefficient (Wildman–Crippen LogP) is 3.43.